The van der Waals surface area contributed by atoms with Gasteiger partial charge in [-0.2, -0.15) is 5.26 Å². The standard InChI is InChI=1S/C13H22ClN3O2/c14-4-1-3-13(18)17(6-2-5-15)8-7-16-9-11-19-12-10-16/h1-4,6-12H2. The highest BCUT2D eigenvalue weighted by atomic mass is 35.5. The van der Waals surface area contributed by atoms with E-state index in [0.29, 0.717) is 38.2 Å². The monoisotopic (exact) mass is 287 g/mol. The second-order valence-electron chi connectivity index (χ2n) is 4.54. The van der Waals surface area contributed by atoms with Gasteiger partial charge in [0.1, 0.15) is 0 Å². The molecule has 1 aliphatic heterocycles. The number of morpholine rings is 1. The molecule has 1 saturated heterocycles. The van der Waals surface area contributed by atoms with Crippen LogP contribution in [0.4, 0.5) is 0 Å². The van der Waals surface area contributed by atoms with E-state index in [9.17, 15) is 4.79 Å². The van der Waals surface area contributed by atoms with Crippen LogP contribution in [0.15, 0.2) is 0 Å². The number of carbonyl (C=O) groups excluding carboxylic acids is 1. The van der Waals surface area contributed by atoms with Gasteiger partial charge in [0, 0.05) is 45.0 Å². The molecule has 0 bridgehead atoms. The molecule has 0 aliphatic carbocycles. The summed E-state index contributed by atoms with van der Waals surface area (Å²) in [5.41, 5.74) is 0. The average Bonchev–Trinajstić information content (AvgIpc) is 2.46. The number of hydrogen-bond acceptors (Lipinski definition) is 4. The molecule has 1 heterocycles. The molecule has 5 nitrogen and oxygen atoms in total. The number of amides is 1. The first-order valence-electron chi connectivity index (χ1n) is 6.78. The summed E-state index contributed by atoms with van der Waals surface area (Å²) >= 11 is 5.61. The zero-order valence-corrected chi connectivity index (χ0v) is 12.1. The van der Waals surface area contributed by atoms with E-state index in [2.05, 4.69) is 11.0 Å². The number of nitrogens with zero attached hydrogens (tertiary/aromatic N) is 3. The lowest BCUT2D eigenvalue weighted by Gasteiger charge is -2.29. The normalized spacial score (nSPS) is 16.0. The third kappa shape index (κ3) is 6.76. The molecule has 19 heavy (non-hydrogen) atoms. The molecule has 108 valence electrons. The van der Waals surface area contributed by atoms with Crippen molar-refractivity contribution in [2.45, 2.75) is 19.3 Å². The summed E-state index contributed by atoms with van der Waals surface area (Å²) in [5.74, 6) is 0.602. The zero-order chi connectivity index (χ0) is 13.9. The van der Waals surface area contributed by atoms with Crippen molar-refractivity contribution in [3.8, 4) is 6.07 Å². The SMILES string of the molecule is N#CCCN(CCN1CCOCC1)C(=O)CCCCl. The average molecular weight is 288 g/mol. The minimum Gasteiger partial charge on any atom is -0.379 e. The number of ether oxygens (including phenoxy) is 1. The molecule has 0 aromatic rings. The topological polar surface area (TPSA) is 56.6 Å². The van der Waals surface area contributed by atoms with Crippen molar-refractivity contribution < 1.29 is 9.53 Å². The Labute approximate surface area is 120 Å². The van der Waals surface area contributed by atoms with E-state index >= 15 is 0 Å². The first kappa shape index (κ1) is 16.2. The summed E-state index contributed by atoms with van der Waals surface area (Å²) in [4.78, 5) is 16.1. The van der Waals surface area contributed by atoms with Gasteiger partial charge < -0.3 is 9.64 Å². The minimum atomic E-state index is 0.101. The second-order valence-corrected chi connectivity index (χ2v) is 4.91. The lowest BCUT2D eigenvalue weighted by Crippen LogP contribution is -2.43. The fourth-order valence-corrected chi connectivity index (χ4v) is 2.14. The van der Waals surface area contributed by atoms with E-state index in [0.717, 1.165) is 32.8 Å². The van der Waals surface area contributed by atoms with E-state index in [4.69, 9.17) is 21.6 Å². The van der Waals surface area contributed by atoms with Crippen molar-refractivity contribution in [1.29, 1.82) is 5.26 Å². The van der Waals surface area contributed by atoms with Crippen LogP contribution < -0.4 is 0 Å². The fraction of sp³-hybridized carbons (Fsp3) is 0.846. The third-order valence-electron chi connectivity index (χ3n) is 3.16. The minimum absolute atomic E-state index is 0.101. The first-order valence-corrected chi connectivity index (χ1v) is 7.32. The van der Waals surface area contributed by atoms with E-state index in [1.165, 1.54) is 0 Å². The van der Waals surface area contributed by atoms with Gasteiger partial charge in [0.05, 0.1) is 25.7 Å². The lowest BCUT2D eigenvalue weighted by atomic mass is 10.2. The van der Waals surface area contributed by atoms with Gasteiger partial charge in [-0.25, -0.2) is 0 Å². The van der Waals surface area contributed by atoms with E-state index in [-0.39, 0.29) is 5.91 Å². The fourth-order valence-electron chi connectivity index (χ4n) is 2.01. The highest BCUT2D eigenvalue weighted by molar-refractivity contribution is 6.17. The van der Waals surface area contributed by atoms with Gasteiger partial charge >= 0.3 is 0 Å². The summed E-state index contributed by atoms with van der Waals surface area (Å²) < 4.78 is 5.29. The molecule has 0 aromatic carbocycles. The Morgan fingerprint density at radius 3 is 2.74 bits per heavy atom. The number of nitriles is 1. The van der Waals surface area contributed by atoms with Crippen molar-refractivity contribution >= 4 is 17.5 Å². The molecule has 0 radical (unpaired) electrons. The molecule has 1 amide bonds. The summed E-state index contributed by atoms with van der Waals surface area (Å²) in [6, 6.07) is 2.09. The molecule has 0 N–H and O–H groups in total. The van der Waals surface area contributed by atoms with Crippen molar-refractivity contribution in [1.82, 2.24) is 9.80 Å². The maximum atomic E-state index is 12.0. The van der Waals surface area contributed by atoms with Gasteiger partial charge in [0.2, 0.25) is 5.91 Å². The Hall–Kier alpha value is -0.830. The van der Waals surface area contributed by atoms with Gasteiger partial charge in [0.15, 0.2) is 0 Å². The van der Waals surface area contributed by atoms with E-state index < -0.39 is 0 Å². The molecule has 0 saturated carbocycles. The predicted octanol–water partition coefficient (Wildman–Crippen LogP) is 1.08. The van der Waals surface area contributed by atoms with Gasteiger partial charge in [-0.3, -0.25) is 9.69 Å². The highest BCUT2D eigenvalue weighted by Crippen LogP contribution is 2.03. The molecule has 0 unspecified atom stereocenters. The van der Waals surface area contributed by atoms with Crippen molar-refractivity contribution in [3.63, 3.8) is 0 Å². The lowest BCUT2D eigenvalue weighted by molar-refractivity contribution is -0.131. The van der Waals surface area contributed by atoms with Crippen LogP contribution in [0.2, 0.25) is 0 Å². The third-order valence-corrected chi connectivity index (χ3v) is 3.43. The zero-order valence-electron chi connectivity index (χ0n) is 11.3. The molecule has 0 spiro atoms. The molecule has 1 rings (SSSR count). The quantitative estimate of drug-likeness (QED) is 0.627. The molecule has 0 atom stereocenters. The second kappa shape index (κ2) is 10.0. The number of halogens is 1. The Kier molecular flexibility index (Phi) is 8.55. The van der Waals surface area contributed by atoms with Crippen LogP contribution in [-0.2, 0) is 9.53 Å². The molecule has 0 aromatic heterocycles. The van der Waals surface area contributed by atoms with Crippen LogP contribution in [-0.4, -0.2) is 67.5 Å². The van der Waals surface area contributed by atoms with E-state index in [1.807, 2.05) is 0 Å². The highest BCUT2D eigenvalue weighted by Gasteiger charge is 2.16. The Morgan fingerprint density at radius 1 is 1.37 bits per heavy atom. The Balaban J connectivity index is 2.34. The van der Waals surface area contributed by atoms with Crippen molar-refractivity contribution in [2.75, 3.05) is 51.8 Å². The summed E-state index contributed by atoms with van der Waals surface area (Å²) in [6.45, 7) is 5.41. The van der Waals surface area contributed by atoms with Crippen LogP contribution in [0.25, 0.3) is 0 Å². The summed E-state index contributed by atoms with van der Waals surface area (Å²) in [6.07, 6.45) is 1.55. The molecule has 1 aliphatic rings. The largest absolute Gasteiger partial charge is 0.379 e. The van der Waals surface area contributed by atoms with E-state index in [1.54, 1.807) is 4.90 Å². The number of hydrogen-bond donors (Lipinski definition) is 0. The maximum absolute atomic E-state index is 12.0. The maximum Gasteiger partial charge on any atom is 0.222 e. The molecular weight excluding hydrogens is 266 g/mol. The van der Waals surface area contributed by atoms with Crippen LogP contribution in [0.3, 0.4) is 0 Å². The number of carbonyl (C=O) groups is 1. The predicted molar refractivity (Wildman–Crippen MR) is 74.0 cm³/mol. The Morgan fingerprint density at radius 2 is 2.11 bits per heavy atom. The summed E-state index contributed by atoms with van der Waals surface area (Å²) in [7, 11) is 0. The van der Waals surface area contributed by atoms with Gasteiger partial charge in [0.25, 0.3) is 0 Å². The number of rotatable bonds is 8. The van der Waals surface area contributed by atoms with Crippen LogP contribution in [0.1, 0.15) is 19.3 Å². The molecule has 1 fully saturated rings. The summed E-state index contributed by atoms with van der Waals surface area (Å²) in [5, 5.41) is 8.65. The van der Waals surface area contributed by atoms with Crippen molar-refractivity contribution in [3.05, 3.63) is 0 Å². The van der Waals surface area contributed by atoms with Gasteiger partial charge in [-0.15, -0.1) is 11.6 Å². The number of alkyl halides is 1. The van der Waals surface area contributed by atoms with Crippen LogP contribution in [0.5, 0.6) is 0 Å². The van der Waals surface area contributed by atoms with Gasteiger partial charge in [-0.05, 0) is 6.42 Å². The Bertz CT molecular complexity index is 301. The smallest absolute Gasteiger partial charge is 0.222 e. The molecule has 6 heteroatoms. The first-order chi connectivity index (χ1) is 9.27. The van der Waals surface area contributed by atoms with Crippen LogP contribution in [0, 0.1) is 11.3 Å². The molecular formula is C13H22ClN3O2. The van der Waals surface area contributed by atoms with Crippen LogP contribution >= 0.6 is 11.6 Å². The van der Waals surface area contributed by atoms with Crippen molar-refractivity contribution in [2.24, 2.45) is 0 Å². The van der Waals surface area contributed by atoms with Gasteiger partial charge in [-0.1, -0.05) is 0 Å².